The molecule has 27 heavy (non-hydrogen) atoms. The lowest BCUT2D eigenvalue weighted by Crippen LogP contribution is -2.29. The summed E-state index contributed by atoms with van der Waals surface area (Å²) in [6, 6.07) is 15.5. The molecule has 2 aromatic rings. The molecule has 1 saturated heterocycles. The Morgan fingerprint density at radius 1 is 1.00 bits per heavy atom. The fourth-order valence-electron chi connectivity index (χ4n) is 3.89. The lowest BCUT2D eigenvalue weighted by molar-refractivity contribution is -0.119. The number of rotatable bonds is 5. The second kappa shape index (κ2) is 7.43. The van der Waals surface area contributed by atoms with Crippen molar-refractivity contribution in [1.82, 2.24) is 0 Å². The highest BCUT2D eigenvalue weighted by Gasteiger charge is 2.42. The predicted octanol–water partition coefficient (Wildman–Crippen LogP) is 3.52. The van der Waals surface area contributed by atoms with Crippen LogP contribution >= 0.6 is 0 Å². The molecule has 140 valence electrons. The number of nitrogens with zero attached hydrogens (tertiary/aromatic N) is 1. The SMILES string of the molecule is NC(=O)C1CC1c1ccc(NC(=O)c2cccc(N3CCCCC3)c2)cc1. The Bertz CT molecular complexity index is 841. The third-order valence-corrected chi connectivity index (χ3v) is 5.58. The quantitative estimate of drug-likeness (QED) is 0.853. The lowest BCUT2D eigenvalue weighted by atomic mass is 10.1. The van der Waals surface area contributed by atoms with Gasteiger partial charge in [0.1, 0.15) is 0 Å². The fourth-order valence-corrected chi connectivity index (χ4v) is 3.89. The summed E-state index contributed by atoms with van der Waals surface area (Å²) in [5.74, 6) is -0.148. The summed E-state index contributed by atoms with van der Waals surface area (Å²) < 4.78 is 0. The van der Waals surface area contributed by atoms with E-state index >= 15 is 0 Å². The van der Waals surface area contributed by atoms with Crippen LogP contribution in [0.4, 0.5) is 11.4 Å². The highest BCUT2D eigenvalue weighted by molar-refractivity contribution is 6.04. The van der Waals surface area contributed by atoms with Gasteiger partial charge in [0.25, 0.3) is 5.91 Å². The van der Waals surface area contributed by atoms with Gasteiger partial charge in [-0.1, -0.05) is 18.2 Å². The highest BCUT2D eigenvalue weighted by atomic mass is 16.2. The van der Waals surface area contributed by atoms with Gasteiger partial charge in [-0.2, -0.15) is 0 Å². The molecule has 0 aromatic heterocycles. The number of anilines is 2. The lowest BCUT2D eigenvalue weighted by Gasteiger charge is -2.29. The van der Waals surface area contributed by atoms with Crippen LogP contribution in [0.5, 0.6) is 0 Å². The molecular formula is C22H25N3O2. The molecule has 0 bridgehead atoms. The minimum Gasteiger partial charge on any atom is -0.372 e. The Morgan fingerprint density at radius 3 is 2.41 bits per heavy atom. The molecule has 3 N–H and O–H groups in total. The summed E-state index contributed by atoms with van der Waals surface area (Å²) in [6.07, 6.45) is 4.53. The average Bonchev–Trinajstić information content (AvgIpc) is 3.51. The van der Waals surface area contributed by atoms with Crippen LogP contribution in [0.2, 0.25) is 0 Å². The molecule has 0 spiro atoms. The van der Waals surface area contributed by atoms with Gasteiger partial charge in [-0.3, -0.25) is 9.59 Å². The monoisotopic (exact) mass is 363 g/mol. The Balaban J connectivity index is 1.41. The molecule has 2 amide bonds. The second-order valence-electron chi connectivity index (χ2n) is 7.53. The summed E-state index contributed by atoms with van der Waals surface area (Å²) in [5, 5.41) is 2.96. The van der Waals surface area contributed by atoms with E-state index in [9.17, 15) is 9.59 Å². The average molecular weight is 363 g/mol. The first kappa shape index (κ1) is 17.6. The smallest absolute Gasteiger partial charge is 0.255 e. The van der Waals surface area contributed by atoms with Crippen LogP contribution < -0.4 is 16.0 Å². The Hall–Kier alpha value is -2.82. The number of hydrogen-bond acceptors (Lipinski definition) is 3. The van der Waals surface area contributed by atoms with Crippen molar-refractivity contribution in [1.29, 1.82) is 0 Å². The van der Waals surface area contributed by atoms with E-state index in [1.807, 2.05) is 42.5 Å². The predicted molar refractivity (Wildman–Crippen MR) is 107 cm³/mol. The van der Waals surface area contributed by atoms with Crippen LogP contribution in [-0.4, -0.2) is 24.9 Å². The van der Waals surface area contributed by atoms with Crippen molar-refractivity contribution in [2.24, 2.45) is 11.7 Å². The van der Waals surface area contributed by atoms with E-state index in [2.05, 4.69) is 16.3 Å². The molecule has 1 aliphatic heterocycles. The molecule has 0 radical (unpaired) electrons. The number of amides is 2. The zero-order valence-corrected chi connectivity index (χ0v) is 15.4. The summed E-state index contributed by atoms with van der Waals surface area (Å²) in [4.78, 5) is 26.2. The fraction of sp³-hybridized carbons (Fsp3) is 0.364. The molecule has 5 heteroatoms. The van der Waals surface area contributed by atoms with Gasteiger partial charge < -0.3 is 16.0 Å². The first-order chi connectivity index (χ1) is 13.1. The van der Waals surface area contributed by atoms with Crippen LogP contribution in [0.15, 0.2) is 48.5 Å². The standard InChI is InChI=1S/C22H25N3O2/c23-21(26)20-14-19(20)15-7-9-17(10-8-15)24-22(27)16-5-4-6-18(13-16)25-11-2-1-3-12-25/h4-10,13,19-20H,1-3,11-12,14H2,(H2,23,26)(H,24,27). The number of piperidine rings is 1. The number of hydrogen-bond donors (Lipinski definition) is 2. The van der Waals surface area contributed by atoms with Gasteiger partial charge in [-0.25, -0.2) is 0 Å². The number of nitrogens with one attached hydrogen (secondary N) is 1. The minimum absolute atomic E-state index is 0.0389. The van der Waals surface area contributed by atoms with Crippen LogP contribution in [0.1, 0.15) is 47.5 Å². The molecule has 2 atom stereocenters. The Labute approximate surface area is 159 Å². The van der Waals surface area contributed by atoms with Crippen molar-refractivity contribution in [2.75, 3.05) is 23.3 Å². The Morgan fingerprint density at radius 2 is 1.74 bits per heavy atom. The maximum atomic E-state index is 12.6. The molecule has 2 aromatic carbocycles. The highest BCUT2D eigenvalue weighted by Crippen LogP contribution is 2.47. The third-order valence-electron chi connectivity index (χ3n) is 5.58. The van der Waals surface area contributed by atoms with E-state index in [0.29, 0.717) is 5.56 Å². The van der Waals surface area contributed by atoms with E-state index in [1.54, 1.807) is 0 Å². The Kier molecular flexibility index (Phi) is 4.84. The van der Waals surface area contributed by atoms with Crippen LogP contribution in [0.3, 0.4) is 0 Å². The van der Waals surface area contributed by atoms with Crippen molar-refractivity contribution in [3.63, 3.8) is 0 Å². The maximum absolute atomic E-state index is 12.6. The zero-order chi connectivity index (χ0) is 18.8. The molecule has 2 aliphatic rings. The first-order valence-corrected chi connectivity index (χ1v) is 9.67. The molecule has 4 rings (SSSR count). The van der Waals surface area contributed by atoms with E-state index in [1.165, 1.54) is 19.3 Å². The van der Waals surface area contributed by atoms with Gasteiger partial charge in [-0.05, 0) is 67.5 Å². The van der Waals surface area contributed by atoms with Crippen LogP contribution in [0, 0.1) is 5.92 Å². The molecule has 1 saturated carbocycles. The summed E-state index contributed by atoms with van der Waals surface area (Å²) in [7, 11) is 0. The van der Waals surface area contributed by atoms with Crippen LogP contribution in [0.25, 0.3) is 0 Å². The van der Waals surface area contributed by atoms with Gasteiger partial charge in [-0.15, -0.1) is 0 Å². The van der Waals surface area contributed by atoms with Gasteiger partial charge in [0.15, 0.2) is 0 Å². The summed E-state index contributed by atoms with van der Waals surface area (Å²) >= 11 is 0. The molecular weight excluding hydrogens is 338 g/mol. The molecule has 2 fully saturated rings. The van der Waals surface area contributed by atoms with Gasteiger partial charge in [0.05, 0.1) is 0 Å². The molecule has 1 aliphatic carbocycles. The molecule has 2 unspecified atom stereocenters. The third kappa shape index (κ3) is 3.97. The minimum atomic E-state index is -0.231. The molecule has 1 heterocycles. The summed E-state index contributed by atoms with van der Waals surface area (Å²) in [5.41, 5.74) is 8.99. The number of nitrogens with two attached hydrogens (primary N) is 1. The van der Waals surface area contributed by atoms with Crippen molar-refractivity contribution in [3.05, 3.63) is 59.7 Å². The van der Waals surface area contributed by atoms with Gasteiger partial charge >= 0.3 is 0 Å². The topological polar surface area (TPSA) is 75.4 Å². The normalized spacial score (nSPS) is 21.6. The van der Waals surface area contributed by atoms with Gasteiger partial charge in [0, 0.05) is 35.9 Å². The van der Waals surface area contributed by atoms with Crippen molar-refractivity contribution < 1.29 is 9.59 Å². The zero-order valence-electron chi connectivity index (χ0n) is 15.4. The van der Waals surface area contributed by atoms with Crippen molar-refractivity contribution >= 4 is 23.2 Å². The van der Waals surface area contributed by atoms with E-state index in [4.69, 9.17) is 5.73 Å². The van der Waals surface area contributed by atoms with Crippen molar-refractivity contribution in [3.8, 4) is 0 Å². The number of carbonyl (C=O) groups excluding carboxylic acids is 2. The van der Waals surface area contributed by atoms with E-state index < -0.39 is 0 Å². The van der Waals surface area contributed by atoms with Crippen molar-refractivity contribution in [2.45, 2.75) is 31.6 Å². The molecule has 5 nitrogen and oxygen atoms in total. The van der Waals surface area contributed by atoms with E-state index in [-0.39, 0.29) is 23.7 Å². The number of primary amides is 1. The summed E-state index contributed by atoms with van der Waals surface area (Å²) in [6.45, 7) is 2.11. The largest absolute Gasteiger partial charge is 0.372 e. The maximum Gasteiger partial charge on any atom is 0.255 e. The van der Waals surface area contributed by atoms with E-state index in [0.717, 1.165) is 36.4 Å². The first-order valence-electron chi connectivity index (χ1n) is 9.67. The van der Waals surface area contributed by atoms with Gasteiger partial charge in [0.2, 0.25) is 5.91 Å². The second-order valence-corrected chi connectivity index (χ2v) is 7.53. The van der Waals surface area contributed by atoms with Crippen LogP contribution in [-0.2, 0) is 4.79 Å². The number of carbonyl (C=O) groups is 2. The number of benzene rings is 2.